The first kappa shape index (κ1) is 13.3. The lowest BCUT2D eigenvalue weighted by molar-refractivity contribution is 0.867. The molecule has 0 radical (unpaired) electrons. The van der Waals surface area contributed by atoms with Crippen LogP contribution in [0.4, 0.5) is 0 Å². The van der Waals surface area contributed by atoms with Gasteiger partial charge in [0, 0.05) is 5.56 Å². The predicted octanol–water partition coefficient (Wildman–Crippen LogP) is 3.70. The Morgan fingerprint density at radius 1 is 1.19 bits per heavy atom. The van der Waals surface area contributed by atoms with Gasteiger partial charge in [0.05, 0.1) is 23.8 Å². The summed E-state index contributed by atoms with van der Waals surface area (Å²) < 4.78 is 1.73. The van der Waals surface area contributed by atoms with E-state index in [1.165, 1.54) is 5.56 Å². The molecule has 0 aliphatic heterocycles. The fraction of sp³-hybridized carbons (Fsp3) is 0.235. The van der Waals surface area contributed by atoms with E-state index in [2.05, 4.69) is 54.3 Å². The normalized spacial score (nSPS) is 11.0. The second kappa shape index (κ2) is 5.02. The summed E-state index contributed by atoms with van der Waals surface area (Å²) in [5.74, 6) is 0.495. The molecule has 0 atom stereocenters. The number of fused-ring (bicyclic) bond motifs is 1. The molecule has 0 saturated heterocycles. The number of rotatable bonds is 2. The predicted molar refractivity (Wildman–Crippen MR) is 82.0 cm³/mol. The number of hydrogen-bond acceptors (Lipinski definition) is 3. The van der Waals surface area contributed by atoms with Gasteiger partial charge in [-0.15, -0.1) is 0 Å². The summed E-state index contributed by atoms with van der Waals surface area (Å²) in [6, 6.07) is 10.5. The van der Waals surface area contributed by atoms with Gasteiger partial charge in [-0.3, -0.25) is 0 Å². The Hall–Kier alpha value is -2.67. The molecule has 0 fully saturated rings. The molecule has 21 heavy (non-hydrogen) atoms. The summed E-state index contributed by atoms with van der Waals surface area (Å²) in [6.07, 6.45) is 3.42. The van der Waals surface area contributed by atoms with E-state index < -0.39 is 0 Å². The molecule has 0 N–H and O–H groups in total. The lowest BCUT2D eigenvalue weighted by Gasteiger charge is -2.09. The average molecular weight is 276 g/mol. The van der Waals surface area contributed by atoms with Gasteiger partial charge in [-0.2, -0.15) is 10.4 Å². The monoisotopic (exact) mass is 276 g/mol. The highest BCUT2D eigenvalue weighted by molar-refractivity contribution is 5.81. The third-order valence-corrected chi connectivity index (χ3v) is 3.59. The Labute approximate surface area is 123 Å². The molecule has 4 heteroatoms. The summed E-state index contributed by atoms with van der Waals surface area (Å²) in [5.41, 5.74) is 5.28. The van der Waals surface area contributed by atoms with Crippen LogP contribution in [0.3, 0.4) is 0 Å². The van der Waals surface area contributed by atoms with Gasteiger partial charge < -0.3 is 0 Å². The third kappa shape index (κ3) is 2.27. The highest BCUT2D eigenvalue weighted by atomic mass is 15.2. The molecule has 0 aliphatic carbocycles. The molecule has 2 heterocycles. The van der Waals surface area contributed by atoms with E-state index >= 15 is 0 Å². The van der Waals surface area contributed by atoms with Crippen molar-refractivity contribution in [1.29, 1.82) is 5.26 Å². The lowest BCUT2D eigenvalue weighted by atomic mass is 10.00. The van der Waals surface area contributed by atoms with Crippen molar-refractivity contribution >= 4 is 5.52 Å². The van der Waals surface area contributed by atoms with Crippen LogP contribution in [-0.4, -0.2) is 14.6 Å². The molecule has 2 aromatic heterocycles. The first-order chi connectivity index (χ1) is 10.1. The van der Waals surface area contributed by atoms with Crippen LogP contribution >= 0.6 is 0 Å². The molecule has 104 valence electrons. The van der Waals surface area contributed by atoms with Crippen molar-refractivity contribution in [2.45, 2.75) is 26.7 Å². The lowest BCUT2D eigenvalue weighted by Crippen LogP contribution is -1.97. The smallest absolute Gasteiger partial charge is 0.110 e. The highest BCUT2D eigenvalue weighted by Gasteiger charge is 2.13. The van der Waals surface area contributed by atoms with Gasteiger partial charge in [0.25, 0.3) is 0 Å². The second-order valence-corrected chi connectivity index (χ2v) is 5.47. The fourth-order valence-corrected chi connectivity index (χ4v) is 2.44. The van der Waals surface area contributed by atoms with Gasteiger partial charge in [-0.25, -0.2) is 9.50 Å². The molecule has 0 saturated carbocycles. The standard InChI is InChI=1S/C17H16N4/c1-11(2)13-4-6-14(7-5-13)16-17-15(8-18)9-19-21(17)10-12(3)20-16/h4-7,9-11H,1-3H3. The largest absolute Gasteiger partial charge is 0.249 e. The molecule has 4 nitrogen and oxygen atoms in total. The molecule has 0 unspecified atom stereocenters. The summed E-state index contributed by atoms with van der Waals surface area (Å²) in [7, 11) is 0. The molecule has 1 aromatic carbocycles. The van der Waals surface area contributed by atoms with Crippen molar-refractivity contribution < 1.29 is 0 Å². The molecular formula is C17H16N4. The van der Waals surface area contributed by atoms with E-state index in [4.69, 9.17) is 0 Å². The van der Waals surface area contributed by atoms with E-state index in [0.717, 1.165) is 22.5 Å². The zero-order chi connectivity index (χ0) is 15.0. The van der Waals surface area contributed by atoms with E-state index in [1.807, 2.05) is 13.1 Å². The Morgan fingerprint density at radius 2 is 1.90 bits per heavy atom. The number of benzene rings is 1. The molecule has 0 spiro atoms. The van der Waals surface area contributed by atoms with Gasteiger partial charge >= 0.3 is 0 Å². The Morgan fingerprint density at radius 3 is 2.52 bits per heavy atom. The highest BCUT2D eigenvalue weighted by Crippen LogP contribution is 2.27. The summed E-state index contributed by atoms with van der Waals surface area (Å²) in [4.78, 5) is 4.61. The van der Waals surface area contributed by atoms with Crippen LogP contribution in [0.2, 0.25) is 0 Å². The Kier molecular flexibility index (Phi) is 3.19. The van der Waals surface area contributed by atoms with Gasteiger partial charge in [0.15, 0.2) is 0 Å². The summed E-state index contributed by atoms with van der Waals surface area (Å²) in [5, 5.41) is 13.5. The van der Waals surface area contributed by atoms with Crippen molar-refractivity contribution in [3.8, 4) is 17.3 Å². The van der Waals surface area contributed by atoms with E-state index in [1.54, 1.807) is 10.7 Å². The maximum atomic E-state index is 9.25. The van der Waals surface area contributed by atoms with Gasteiger partial charge in [0.1, 0.15) is 17.1 Å². The Balaban J connectivity index is 2.24. The fourth-order valence-electron chi connectivity index (χ4n) is 2.44. The van der Waals surface area contributed by atoms with Crippen molar-refractivity contribution in [3.05, 3.63) is 53.5 Å². The minimum atomic E-state index is 0.495. The van der Waals surface area contributed by atoms with Crippen LogP contribution in [0, 0.1) is 18.3 Å². The number of nitriles is 1. The van der Waals surface area contributed by atoms with Gasteiger partial charge in [-0.1, -0.05) is 38.1 Å². The van der Waals surface area contributed by atoms with E-state index in [0.29, 0.717) is 11.5 Å². The zero-order valence-corrected chi connectivity index (χ0v) is 12.3. The SMILES string of the molecule is Cc1cn2ncc(C#N)c2c(-c2ccc(C(C)C)cc2)n1. The van der Waals surface area contributed by atoms with E-state index in [-0.39, 0.29) is 0 Å². The first-order valence-electron chi connectivity index (χ1n) is 6.95. The average Bonchev–Trinajstić information content (AvgIpc) is 2.89. The quantitative estimate of drug-likeness (QED) is 0.717. The number of aromatic nitrogens is 3. The van der Waals surface area contributed by atoms with Crippen LogP contribution < -0.4 is 0 Å². The second-order valence-electron chi connectivity index (χ2n) is 5.47. The van der Waals surface area contributed by atoms with Crippen LogP contribution in [-0.2, 0) is 0 Å². The first-order valence-corrected chi connectivity index (χ1v) is 6.95. The molecular weight excluding hydrogens is 260 g/mol. The van der Waals surface area contributed by atoms with Crippen LogP contribution in [0.25, 0.3) is 16.8 Å². The molecule has 3 rings (SSSR count). The maximum Gasteiger partial charge on any atom is 0.110 e. The Bertz CT molecular complexity index is 836. The maximum absolute atomic E-state index is 9.25. The summed E-state index contributed by atoms with van der Waals surface area (Å²) in [6.45, 7) is 6.27. The molecule has 0 amide bonds. The van der Waals surface area contributed by atoms with Crippen LogP contribution in [0.1, 0.15) is 36.6 Å². The number of aryl methyl sites for hydroxylation is 1. The van der Waals surface area contributed by atoms with E-state index in [9.17, 15) is 5.26 Å². The van der Waals surface area contributed by atoms with Crippen molar-refractivity contribution in [2.75, 3.05) is 0 Å². The van der Waals surface area contributed by atoms with Crippen LogP contribution in [0.15, 0.2) is 36.7 Å². The van der Waals surface area contributed by atoms with Crippen LogP contribution in [0.5, 0.6) is 0 Å². The third-order valence-electron chi connectivity index (χ3n) is 3.59. The van der Waals surface area contributed by atoms with Gasteiger partial charge in [-0.05, 0) is 18.4 Å². The molecule has 0 bridgehead atoms. The number of hydrogen-bond donors (Lipinski definition) is 0. The number of nitrogens with zero attached hydrogens (tertiary/aromatic N) is 4. The van der Waals surface area contributed by atoms with Crippen molar-refractivity contribution in [2.24, 2.45) is 0 Å². The minimum Gasteiger partial charge on any atom is -0.249 e. The van der Waals surface area contributed by atoms with Crippen molar-refractivity contribution in [1.82, 2.24) is 14.6 Å². The van der Waals surface area contributed by atoms with Crippen molar-refractivity contribution in [3.63, 3.8) is 0 Å². The molecule has 3 aromatic rings. The summed E-state index contributed by atoms with van der Waals surface area (Å²) >= 11 is 0. The zero-order valence-electron chi connectivity index (χ0n) is 12.3. The molecule has 0 aliphatic rings. The topological polar surface area (TPSA) is 54.0 Å². The van der Waals surface area contributed by atoms with Gasteiger partial charge in [0.2, 0.25) is 0 Å². The minimum absolute atomic E-state index is 0.495.